The first kappa shape index (κ1) is 23.4. The van der Waals surface area contributed by atoms with Crippen LogP contribution in [0, 0.1) is 40.4 Å². The van der Waals surface area contributed by atoms with E-state index in [0.29, 0.717) is 44.7 Å². The first-order valence-corrected chi connectivity index (χ1v) is 13.9. The zero-order valence-corrected chi connectivity index (χ0v) is 21.6. The van der Waals surface area contributed by atoms with Crippen molar-refractivity contribution in [1.29, 1.82) is 0 Å². The maximum absolute atomic E-state index is 12.8. The minimum absolute atomic E-state index is 0.0505. The number of ether oxygens (including phenoxy) is 4. The van der Waals surface area contributed by atoms with Gasteiger partial charge in [-0.05, 0) is 55.1 Å². The predicted octanol–water partition coefficient (Wildman–Crippen LogP) is 4.83. The van der Waals surface area contributed by atoms with Crippen molar-refractivity contribution < 1.29 is 24.1 Å². The summed E-state index contributed by atoms with van der Waals surface area (Å²) in [5.74, 6) is 6.60. The molecule has 0 amide bonds. The first-order valence-electron chi connectivity index (χ1n) is 13.9. The van der Waals surface area contributed by atoms with Crippen molar-refractivity contribution in [1.82, 2.24) is 0 Å². The number of allylic oxidation sites excluding steroid dienone is 1. The van der Waals surface area contributed by atoms with Crippen LogP contribution >= 0.6 is 0 Å². The van der Waals surface area contributed by atoms with Gasteiger partial charge in [0, 0.05) is 36.2 Å². The van der Waals surface area contributed by atoms with Crippen LogP contribution in [0.2, 0.25) is 0 Å². The summed E-state index contributed by atoms with van der Waals surface area (Å²) in [5.41, 5.74) is 0.769. The highest BCUT2D eigenvalue weighted by Gasteiger charge is 2.72. The predicted molar refractivity (Wildman–Crippen MR) is 135 cm³/mol. The lowest BCUT2D eigenvalue weighted by Crippen LogP contribution is -2.65. The van der Waals surface area contributed by atoms with Crippen LogP contribution in [0.1, 0.15) is 64.4 Å². The molecule has 5 fully saturated rings. The van der Waals surface area contributed by atoms with Crippen molar-refractivity contribution in [3.63, 3.8) is 0 Å². The standard InChI is InChI=1S/C31H38O5/c1-27-14-15-30(33-16-17-34-30)20-23(27)8-9-24-25-11-13-31(35-18-19-36-31)28(25,2)21-29(32,26(24)27)12-10-22-6-4-3-5-7-22/h3-8,24-26,32H,9,11,13-21H2,1-2H3/t24-,25-,26-,27-,28-,29-/m0/s1. The lowest BCUT2D eigenvalue weighted by atomic mass is 9.43. The Morgan fingerprint density at radius 2 is 1.64 bits per heavy atom. The molecule has 2 saturated heterocycles. The van der Waals surface area contributed by atoms with E-state index in [1.54, 1.807) is 0 Å². The van der Waals surface area contributed by atoms with Gasteiger partial charge in [-0.25, -0.2) is 0 Å². The Labute approximate surface area is 214 Å². The van der Waals surface area contributed by atoms with E-state index in [-0.39, 0.29) is 16.7 Å². The number of benzene rings is 1. The molecule has 6 atom stereocenters. The molecule has 2 aliphatic heterocycles. The number of rotatable bonds is 0. The lowest BCUT2D eigenvalue weighted by Gasteiger charge is -2.63. The monoisotopic (exact) mass is 490 g/mol. The van der Waals surface area contributed by atoms with Gasteiger partial charge in [-0.2, -0.15) is 0 Å². The third-order valence-electron chi connectivity index (χ3n) is 10.9. The van der Waals surface area contributed by atoms with Gasteiger partial charge >= 0.3 is 0 Å². The summed E-state index contributed by atoms with van der Waals surface area (Å²) < 4.78 is 25.0. The minimum atomic E-state index is -1.14. The van der Waals surface area contributed by atoms with Gasteiger partial charge in [0.1, 0.15) is 5.60 Å². The van der Waals surface area contributed by atoms with Gasteiger partial charge in [0.15, 0.2) is 11.6 Å². The summed E-state index contributed by atoms with van der Waals surface area (Å²) in [6, 6.07) is 10.1. The smallest absolute Gasteiger partial charge is 0.174 e. The van der Waals surface area contributed by atoms with Gasteiger partial charge in [-0.3, -0.25) is 0 Å². The van der Waals surface area contributed by atoms with Crippen LogP contribution in [0.25, 0.3) is 0 Å². The Balaban J connectivity index is 1.34. The summed E-state index contributed by atoms with van der Waals surface area (Å²) in [6.07, 6.45) is 8.58. The zero-order chi connectivity index (χ0) is 24.7. The Morgan fingerprint density at radius 3 is 2.39 bits per heavy atom. The second kappa shape index (κ2) is 7.91. The van der Waals surface area contributed by atoms with Crippen LogP contribution in [0.4, 0.5) is 0 Å². The van der Waals surface area contributed by atoms with Crippen molar-refractivity contribution in [3.8, 4) is 11.8 Å². The molecular weight excluding hydrogens is 452 g/mol. The normalized spacial score (nSPS) is 43.9. The minimum Gasteiger partial charge on any atom is -0.377 e. The van der Waals surface area contributed by atoms with E-state index in [9.17, 15) is 5.11 Å². The molecule has 36 heavy (non-hydrogen) atoms. The van der Waals surface area contributed by atoms with Crippen molar-refractivity contribution >= 4 is 0 Å². The SMILES string of the molecule is C[C@]12CCC3(CC1=CC[C@H]1[C@@H]4CCC5(OCCO5)[C@@]4(C)C[C@@](O)(C#Cc4ccccc4)[C@@H]12)OCCO3. The average Bonchev–Trinajstić information content (AvgIpc) is 3.60. The number of hydrogen-bond acceptors (Lipinski definition) is 5. The van der Waals surface area contributed by atoms with E-state index < -0.39 is 17.2 Å². The van der Waals surface area contributed by atoms with Crippen LogP contribution < -0.4 is 0 Å². The van der Waals surface area contributed by atoms with E-state index in [2.05, 4.69) is 31.8 Å². The van der Waals surface area contributed by atoms with Crippen LogP contribution in [0.15, 0.2) is 42.0 Å². The molecule has 0 radical (unpaired) electrons. The zero-order valence-electron chi connectivity index (χ0n) is 21.6. The molecule has 0 unspecified atom stereocenters. The van der Waals surface area contributed by atoms with E-state index in [0.717, 1.165) is 44.1 Å². The van der Waals surface area contributed by atoms with Crippen LogP contribution in [0.3, 0.4) is 0 Å². The van der Waals surface area contributed by atoms with Crippen molar-refractivity contribution in [2.24, 2.45) is 28.6 Å². The fraction of sp³-hybridized carbons (Fsp3) is 0.677. The van der Waals surface area contributed by atoms with Crippen LogP contribution in [-0.2, 0) is 18.9 Å². The largest absolute Gasteiger partial charge is 0.377 e. The van der Waals surface area contributed by atoms with Gasteiger partial charge in [0.2, 0.25) is 0 Å². The maximum Gasteiger partial charge on any atom is 0.174 e. The second-order valence-electron chi connectivity index (χ2n) is 12.5. The van der Waals surface area contributed by atoms with Gasteiger partial charge < -0.3 is 24.1 Å². The second-order valence-corrected chi connectivity index (χ2v) is 12.5. The highest BCUT2D eigenvalue weighted by atomic mass is 16.7. The van der Waals surface area contributed by atoms with E-state index in [1.807, 2.05) is 30.3 Å². The third-order valence-corrected chi connectivity index (χ3v) is 10.9. The van der Waals surface area contributed by atoms with E-state index in [4.69, 9.17) is 18.9 Å². The molecule has 0 aromatic heterocycles. The van der Waals surface area contributed by atoms with Gasteiger partial charge in [-0.1, -0.05) is 55.5 Å². The third kappa shape index (κ3) is 3.15. The Hall–Kier alpha value is -1.68. The number of aliphatic hydroxyl groups is 1. The molecule has 6 aliphatic rings. The van der Waals surface area contributed by atoms with E-state index in [1.165, 1.54) is 5.57 Å². The Kier molecular flexibility index (Phi) is 5.15. The number of fused-ring (bicyclic) bond motifs is 6. The number of hydrogen-bond donors (Lipinski definition) is 1. The molecule has 1 N–H and O–H groups in total. The summed E-state index contributed by atoms with van der Waals surface area (Å²) in [6.45, 7) is 7.29. The summed E-state index contributed by atoms with van der Waals surface area (Å²) in [7, 11) is 0. The molecular formula is C31H38O5. The summed E-state index contributed by atoms with van der Waals surface area (Å²) in [4.78, 5) is 0. The molecule has 1 aromatic carbocycles. The molecule has 5 nitrogen and oxygen atoms in total. The van der Waals surface area contributed by atoms with Gasteiger partial charge in [0.05, 0.1) is 26.4 Å². The van der Waals surface area contributed by atoms with Crippen molar-refractivity contribution in [2.45, 2.75) is 76.0 Å². The Morgan fingerprint density at radius 1 is 0.917 bits per heavy atom. The molecule has 0 bridgehead atoms. The molecule has 3 saturated carbocycles. The summed E-state index contributed by atoms with van der Waals surface area (Å²) >= 11 is 0. The highest BCUT2D eigenvalue weighted by molar-refractivity contribution is 5.40. The molecule has 7 rings (SSSR count). The van der Waals surface area contributed by atoms with Crippen LogP contribution in [0.5, 0.6) is 0 Å². The van der Waals surface area contributed by atoms with Gasteiger partial charge in [0.25, 0.3) is 0 Å². The van der Waals surface area contributed by atoms with Crippen LogP contribution in [-0.4, -0.2) is 48.7 Å². The molecule has 1 aromatic rings. The van der Waals surface area contributed by atoms with Gasteiger partial charge in [-0.15, -0.1) is 0 Å². The fourth-order valence-electron chi connectivity index (χ4n) is 9.37. The molecule has 2 spiro atoms. The topological polar surface area (TPSA) is 57.2 Å². The fourth-order valence-corrected chi connectivity index (χ4v) is 9.37. The molecule has 4 aliphatic carbocycles. The van der Waals surface area contributed by atoms with Crippen molar-refractivity contribution in [3.05, 3.63) is 47.5 Å². The Bertz CT molecular complexity index is 1120. The maximum atomic E-state index is 12.8. The summed E-state index contributed by atoms with van der Waals surface area (Å²) in [5, 5.41) is 12.8. The molecule has 192 valence electrons. The van der Waals surface area contributed by atoms with Crippen molar-refractivity contribution in [2.75, 3.05) is 26.4 Å². The quantitative estimate of drug-likeness (QED) is 0.417. The lowest BCUT2D eigenvalue weighted by molar-refractivity contribution is -0.268. The average molecular weight is 491 g/mol. The van der Waals surface area contributed by atoms with E-state index >= 15 is 0 Å². The molecule has 5 heteroatoms. The first-order chi connectivity index (χ1) is 17.3. The molecule has 2 heterocycles. The highest BCUT2D eigenvalue weighted by Crippen LogP contribution is 2.71.